The van der Waals surface area contributed by atoms with Gasteiger partial charge in [0, 0.05) is 12.5 Å². The Hall–Kier alpha value is -3.06. The summed E-state index contributed by atoms with van der Waals surface area (Å²) in [4.78, 5) is 21.1. The summed E-state index contributed by atoms with van der Waals surface area (Å²) in [5, 5.41) is 31.0. The molecule has 0 bridgehead atoms. The average molecular weight is 259 g/mol. The van der Waals surface area contributed by atoms with E-state index in [1.165, 1.54) is 12.1 Å². The first-order valence-corrected chi connectivity index (χ1v) is 5.11. The number of nitrogens with one attached hydrogen (secondary N) is 1. The van der Waals surface area contributed by atoms with Crippen LogP contribution in [0.15, 0.2) is 18.2 Å². The van der Waals surface area contributed by atoms with Gasteiger partial charge in [0.1, 0.15) is 11.7 Å². The van der Waals surface area contributed by atoms with Crippen LogP contribution in [0.5, 0.6) is 0 Å². The molecule has 0 heterocycles. The Morgan fingerprint density at radius 3 is 2.79 bits per heavy atom. The minimum atomic E-state index is -1.23. The Morgan fingerprint density at radius 2 is 2.32 bits per heavy atom. The lowest BCUT2D eigenvalue weighted by Crippen LogP contribution is -2.29. The van der Waals surface area contributed by atoms with E-state index in [9.17, 15) is 14.9 Å². The molecule has 1 atom stereocenters. The van der Waals surface area contributed by atoms with E-state index in [4.69, 9.17) is 16.8 Å². The molecule has 0 aliphatic carbocycles. The highest BCUT2D eigenvalue weighted by molar-refractivity contribution is 5.79. The minimum absolute atomic E-state index is 0.0494. The van der Waals surface area contributed by atoms with Gasteiger partial charge in [0.2, 0.25) is 0 Å². The van der Waals surface area contributed by atoms with Crippen molar-refractivity contribution in [1.29, 1.82) is 5.26 Å². The van der Waals surface area contributed by atoms with Crippen LogP contribution in [-0.2, 0) is 4.79 Å². The molecule has 1 aromatic carbocycles. The standard InChI is InChI=1S/C12H9N3O4/c1-2-3-9(12(16)17)14-10-6-8(7-13)4-5-11(10)15(18)19/h1,4-6,9,14H,3H2,(H,16,17). The highest BCUT2D eigenvalue weighted by atomic mass is 16.6. The Balaban J connectivity index is 3.17. The molecule has 0 radical (unpaired) electrons. The zero-order chi connectivity index (χ0) is 14.4. The number of carboxylic acid groups (broad SMARTS) is 1. The number of hydrogen-bond acceptors (Lipinski definition) is 5. The Bertz CT molecular complexity index is 598. The molecule has 96 valence electrons. The second kappa shape index (κ2) is 6.03. The fourth-order valence-electron chi connectivity index (χ4n) is 1.39. The van der Waals surface area contributed by atoms with Crippen molar-refractivity contribution in [2.75, 3.05) is 5.32 Å². The van der Waals surface area contributed by atoms with Gasteiger partial charge < -0.3 is 10.4 Å². The van der Waals surface area contributed by atoms with Crippen LogP contribution in [0.2, 0.25) is 0 Å². The summed E-state index contributed by atoms with van der Waals surface area (Å²) in [5.74, 6) is 0.941. The molecule has 1 aromatic rings. The van der Waals surface area contributed by atoms with Crippen molar-refractivity contribution in [3.05, 3.63) is 33.9 Å². The summed E-state index contributed by atoms with van der Waals surface area (Å²) in [6.07, 6.45) is 4.90. The van der Waals surface area contributed by atoms with Crippen LogP contribution in [0.4, 0.5) is 11.4 Å². The molecule has 0 saturated heterocycles. The molecular weight excluding hydrogens is 250 g/mol. The third-order valence-corrected chi connectivity index (χ3v) is 2.27. The van der Waals surface area contributed by atoms with Gasteiger partial charge in [0.05, 0.1) is 16.6 Å². The number of nitrogens with zero attached hydrogens (tertiary/aromatic N) is 2. The van der Waals surface area contributed by atoms with Gasteiger partial charge in [-0.3, -0.25) is 10.1 Å². The van der Waals surface area contributed by atoms with E-state index in [0.29, 0.717) is 0 Å². The topological polar surface area (TPSA) is 116 Å². The number of nitriles is 1. The molecule has 1 unspecified atom stereocenters. The maximum Gasteiger partial charge on any atom is 0.327 e. The molecule has 0 saturated carbocycles. The maximum absolute atomic E-state index is 10.9. The molecule has 2 N–H and O–H groups in total. The second-order valence-corrected chi connectivity index (χ2v) is 3.54. The SMILES string of the molecule is C#CCC(Nc1cc(C#N)ccc1[N+](=O)[O-])C(=O)O. The lowest BCUT2D eigenvalue weighted by molar-refractivity contribution is -0.384. The molecule has 1 rings (SSSR count). The number of aliphatic carboxylic acids is 1. The smallest absolute Gasteiger partial charge is 0.327 e. The van der Waals surface area contributed by atoms with Crippen molar-refractivity contribution in [2.45, 2.75) is 12.5 Å². The van der Waals surface area contributed by atoms with E-state index in [1.807, 2.05) is 6.07 Å². The minimum Gasteiger partial charge on any atom is -0.480 e. The maximum atomic E-state index is 10.9. The summed E-state index contributed by atoms with van der Waals surface area (Å²) in [6, 6.07) is 4.29. The van der Waals surface area contributed by atoms with E-state index in [2.05, 4.69) is 11.2 Å². The third kappa shape index (κ3) is 3.45. The fraction of sp³-hybridized carbons (Fsp3) is 0.167. The van der Waals surface area contributed by atoms with Gasteiger partial charge in [-0.05, 0) is 12.1 Å². The summed E-state index contributed by atoms with van der Waals surface area (Å²) in [7, 11) is 0. The van der Waals surface area contributed by atoms with Gasteiger partial charge in [0.25, 0.3) is 5.69 Å². The zero-order valence-corrected chi connectivity index (χ0v) is 9.66. The van der Waals surface area contributed by atoms with Gasteiger partial charge in [0.15, 0.2) is 0 Å². The molecule has 0 fully saturated rings. The largest absolute Gasteiger partial charge is 0.480 e. The van der Waals surface area contributed by atoms with Gasteiger partial charge in [-0.25, -0.2) is 4.79 Å². The number of terminal acetylenes is 1. The molecule has 0 aromatic heterocycles. The lowest BCUT2D eigenvalue weighted by atomic mass is 10.1. The number of carbonyl (C=O) groups is 1. The van der Waals surface area contributed by atoms with Gasteiger partial charge >= 0.3 is 5.97 Å². The molecule has 7 heteroatoms. The van der Waals surface area contributed by atoms with Gasteiger partial charge in [-0.15, -0.1) is 12.3 Å². The molecule has 0 amide bonds. The van der Waals surface area contributed by atoms with Crippen molar-refractivity contribution in [3.8, 4) is 18.4 Å². The second-order valence-electron chi connectivity index (χ2n) is 3.54. The Labute approximate surface area is 108 Å². The number of anilines is 1. The molecule has 7 nitrogen and oxygen atoms in total. The van der Waals surface area contributed by atoms with Crippen molar-refractivity contribution in [1.82, 2.24) is 0 Å². The van der Waals surface area contributed by atoms with Crippen LogP contribution in [0.25, 0.3) is 0 Å². The molecule has 0 aliphatic heterocycles. The van der Waals surface area contributed by atoms with E-state index in [0.717, 1.165) is 6.07 Å². The molecule has 19 heavy (non-hydrogen) atoms. The van der Waals surface area contributed by atoms with Crippen molar-refractivity contribution in [2.24, 2.45) is 0 Å². The first kappa shape index (κ1) is 14.0. The summed E-state index contributed by atoms with van der Waals surface area (Å²) >= 11 is 0. The molecule has 0 spiro atoms. The first-order chi connectivity index (χ1) is 8.99. The van der Waals surface area contributed by atoms with Crippen molar-refractivity contribution >= 4 is 17.3 Å². The van der Waals surface area contributed by atoms with Gasteiger partial charge in [-0.2, -0.15) is 5.26 Å². The Morgan fingerprint density at radius 1 is 1.63 bits per heavy atom. The Kier molecular flexibility index (Phi) is 4.44. The number of carboxylic acids is 1. The predicted octanol–water partition coefficient (Wildman–Crippen LogP) is 1.35. The summed E-state index contributed by atoms with van der Waals surface area (Å²) in [5.41, 5.74) is -0.188. The van der Waals surface area contributed by atoms with Crippen LogP contribution >= 0.6 is 0 Å². The van der Waals surface area contributed by atoms with Crippen LogP contribution < -0.4 is 5.32 Å². The van der Waals surface area contributed by atoms with E-state index < -0.39 is 16.9 Å². The van der Waals surface area contributed by atoms with Crippen LogP contribution in [0.3, 0.4) is 0 Å². The fourth-order valence-corrected chi connectivity index (χ4v) is 1.39. The lowest BCUT2D eigenvalue weighted by Gasteiger charge is -2.13. The molecular formula is C12H9N3O4. The molecule has 0 aliphatic rings. The van der Waals surface area contributed by atoms with Crippen molar-refractivity contribution < 1.29 is 14.8 Å². The van der Waals surface area contributed by atoms with E-state index >= 15 is 0 Å². The average Bonchev–Trinajstić information content (AvgIpc) is 2.37. The zero-order valence-electron chi connectivity index (χ0n) is 9.66. The van der Waals surface area contributed by atoms with E-state index in [-0.39, 0.29) is 23.4 Å². The number of nitro groups is 1. The van der Waals surface area contributed by atoms with Gasteiger partial charge in [-0.1, -0.05) is 0 Å². The number of hydrogen-bond donors (Lipinski definition) is 2. The quantitative estimate of drug-likeness (QED) is 0.468. The monoisotopic (exact) mass is 259 g/mol. The highest BCUT2D eigenvalue weighted by Crippen LogP contribution is 2.26. The van der Waals surface area contributed by atoms with Crippen LogP contribution in [0, 0.1) is 33.8 Å². The van der Waals surface area contributed by atoms with E-state index in [1.54, 1.807) is 0 Å². The van der Waals surface area contributed by atoms with Crippen LogP contribution in [-0.4, -0.2) is 22.0 Å². The highest BCUT2D eigenvalue weighted by Gasteiger charge is 2.21. The number of rotatable bonds is 5. The number of benzene rings is 1. The first-order valence-electron chi connectivity index (χ1n) is 5.11. The third-order valence-electron chi connectivity index (χ3n) is 2.27. The summed E-state index contributed by atoms with van der Waals surface area (Å²) < 4.78 is 0. The van der Waals surface area contributed by atoms with Crippen LogP contribution in [0.1, 0.15) is 12.0 Å². The normalized spacial score (nSPS) is 10.8. The number of nitro benzene ring substituents is 1. The predicted molar refractivity (Wildman–Crippen MR) is 66.3 cm³/mol. The summed E-state index contributed by atoms with van der Waals surface area (Å²) in [6.45, 7) is 0. The van der Waals surface area contributed by atoms with Crippen molar-refractivity contribution in [3.63, 3.8) is 0 Å².